The van der Waals surface area contributed by atoms with E-state index in [2.05, 4.69) is 5.32 Å². The van der Waals surface area contributed by atoms with Crippen molar-refractivity contribution in [3.8, 4) is 0 Å². The summed E-state index contributed by atoms with van der Waals surface area (Å²) in [5.74, 6) is -0.851. The van der Waals surface area contributed by atoms with Gasteiger partial charge < -0.3 is 5.32 Å². The summed E-state index contributed by atoms with van der Waals surface area (Å²) in [5, 5.41) is 1.67. The molecule has 1 unspecified atom stereocenters. The van der Waals surface area contributed by atoms with Crippen molar-refractivity contribution < 1.29 is 14.4 Å². The number of carbonyl (C=O) groups excluding carboxylic acids is 3. The maximum Gasteiger partial charge on any atom is 0.255 e. The first kappa shape index (κ1) is 13.7. The monoisotopic (exact) mass is 279 g/mol. The van der Waals surface area contributed by atoms with Crippen LogP contribution in [0, 0.1) is 0 Å². The number of hydrogen-bond donors (Lipinski definition) is 1. The zero-order chi connectivity index (χ0) is 14.0. The molecule has 0 radical (unpaired) electrons. The number of nitrogens with one attached hydrogen (secondary N) is 1. The predicted molar refractivity (Wildman–Crippen MR) is 71.4 cm³/mol. The molecule has 0 saturated carbocycles. The van der Waals surface area contributed by atoms with Crippen molar-refractivity contribution in [2.24, 2.45) is 0 Å². The maximum absolute atomic E-state index is 12.5. The molecule has 1 aliphatic heterocycles. The minimum atomic E-state index is -1.61. The zero-order valence-electron chi connectivity index (χ0n) is 10.5. The number of halogens is 1. The summed E-state index contributed by atoms with van der Waals surface area (Å²) in [6.07, 6.45) is 1.66. The van der Waals surface area contributed by atoms with Crippen LogP contribution in [0.5, 0.6) is 0 Å². The number of benzene rings is 1. The third kappa shape index (κ3) is 2.16. The molecular weight excluding hydrogens is 266 g/mol. The lowest BCUT2D eigenvalue weighted by molar-refractivity contribution is -0.116. The first-order chi connectivity index (χ1) is 9.03. The van der Waals surface area contributed by atoms with E-state index in [1.165, 1.54) is 0 Å². The molecule has 1 atom stereocenters. The van der Waals surface area contributed by atoms with Gasteiger partial charge in [0.2, 0.25) is 0 Å². The Hall–Kier alpha value is -1.68. The minimum absolute atomic E-state index is 0.227. The molecule has 4 nitrogen and oxygen atoms in total. The van der Waals surface area contributed by atoms with E-state index in [1.807, 2.05) is 6.92 Å². The zero-order valence-corrected chi connectivity index (χ0v) is 11.3. The van der Waals surface area contributed by atoms with Crippen LogP contribution < -0.4 is 5.32 Å². The van der Waals surface area contributed by atoms with E-state index in [0.29, 0.717) is 6.42 Å². The van der Waals surface area contributed by atoms with Gasteiger partial charge in [0.05, 0.1) is 5.56 Å². The Bertz CT molecular complexity index is 555. The van der Waals surface area contributed by atoms with E-state index in [1.54, 1.807) is 24.3 Å². The molecule has 19 heavy (non-hydrogen) atoms. The second-order valence-electron chi connectivity index (χ2n) is 4.61. The highest BCUT2D eigenvalue weighted by Gasteiger charge is 2.50. The molecule has 0 bridgehead atoms. The Morgan fingerprint density at radius 2 is 1.89 bits per heavy atom. The molecule has 1 aliphatic rings. The highest BCUT2D eigenvalue weighted by Crippen LogP contribution is 2.29. The van der Waals surface area contributed by atoms with E-state index in [4.69, 9.17) is 11.6 Å². The van der Waals surface area contributed by atoms with Gasteiger partial charge in [-0.2, -0.15) is 0 Å². The standard InChI is InChI=1S/C14H14ClNO3/c1-2-3-8-14(13(15)19)11(17)9-6-4-5-7-10(9)12(18)16-14/h4-7H,2-3,8H2,1H3,(H,16,18). The maximum atomic E-state index is 12.5. The summed E-state index contributed by atoms with van der Waals surface area (Å²) >= 11 is 5.60. The quantitative estimate of drug-likeness (QED) is 0.679. The van der Waals surface area contributed by atoms with Crippen molar-refractivity contribution in [3.63, 3.8) is 0 Å². The van der Waals surface area contributed by atoms with Gasteiger partial charge in [-0.25, -0.2) is 0 Å². The Morgan fingerprint density at radius 1 is 1.26 bits per heavy atom. The summed E-state index contributed by atoms with van der Waals surface area (Å²) in [6.45, 7) is 1.94. The minimum Gasteiger partial charge on any atom is -0.332 e. The molecule has 1 N–H and O–H groups in total. The van der Waals surface area contributed by atoms with Crippen LogP contribution in [-0.4, -0.2) is 22.5 Å². The Balaban J connectivity index is 2.52. The smallest absolute Gasteiger partial charge is 0.255 e. The first-order valence-electron chi connectivity index (χ1n) is 6.19. The van der Waals surface area contributed by atoms with Gasteiger partial charge in [-0.3, -0.25) is 14.4 Å². The largest absolute Gasteiger partial charge is 0.332 e. The Kier molecular flexibility index (Phi) is 3.71. The highest BCUT2D eigenvalue weighted by molar-refractivity contribution is 6.68. The van der Waals surface area contributed by atoms with Crippen molar-refractivity contribution >= 4 is 28.5 Å². The molecule has 100 valence electrons. The number of ketones is 1. The van der Waals surface area contributed by atoms with Gasteiger partial charge in [-0.05, 0) is 24.1 Å². The van der Waals surface area contributed by atoms with E-state index in [-0.39, 0.29) is 17.5 Å². The molecule has 0 fully saturated rings. The second-order valence-corrected chi connectivity index (χ2v) is 4.95. The van der Waals surface area contributed by atoms with Crippen molar-refractivity contribution in [2.75, 3.05) is 0 Å². The van der Waals surface area contributed by atoms with Gasteiger partial charge >= 0.3 is 0 Å². The SMILES string of the molecule is CCCCC1(C(=O)Cl)NC(=O)c2ccccc2C1=O. The van der Waals surface area contributed by atoms with Crippen LogP contribution in [-0.2, 0) is 4.79 Å². The van der Waals surface area contributed by atoms with Crippen molar-refractivity contribution in [1.82, 2.24) is 5.32 Å². The molecular formula is C14H14ClNO3. The Morgan fingerprint density at radius 3 is 2.47 bits per heavy atom. The van der Waals surface area contributed by atoms with Crippen molar-refractivity contribution in [2.45, 2.75) is 31.7 Å². The molecule has 1 aromatic carbocycles. The van der Waals surface area contributed by atoms with Crippen molar-refractivity contribution in [3.05, 3.63) is 35.4 Å². The summed E-state index contributed by atoms with van der Waals surface area (Å²) in [4.78, 5) is 36.3. The molecule has 1 amide bonds. The summed E-state index contributed by atoms with van der Waals surface area (Å²) in [7, 11) is 0. The van der Waals surface area contributed by atoms with E-state index in [9.17, 15) is 14.4 Å². The van der Waals surface area contributed by atoms with Crippen LogP contribution in [0.1, 0.15) is 46.9 Å². The molecule has 2 rings (SSSR count). The number of fused-ring (bicyclic) bond motifs is 1. The lowest BCUT2D eigenvalue weighted by atomic mass is 9.80. The number of hydrogen-bond acceptors (Lipinski definition) is 3. The van der Waals surface area contributed by atoms with E-state index in [0.717, 1.165) is 6.42 Å². The average Bonchev–Trinajstić information content (AvgIpc) is 2.41. The van der Waals surface area contributed by atoms with Crippen LogP contribution in [0.2, 0.25) is 0 Å². The van der Waals surface area contributed by atoms with Gasteiger partial charge in [-0.15, -0.1) is 0 Å². The molecule has 1 heterocycles. The van der Waals surface area contributed by atoms with Gasteiger partial charge in [-0.1, -0.05) is 38.0 Å². The molecule has 1 aromatic rings. The fourth-order valence-electron chi connectivity index (χ4n) is 2.28. The van der Waals surface area contributed by atoms with E-state index >= 15 is 0 Å². The third-order valence-corrected chi connectivity index (χ3v) is 3.69. The fraction of sp³-hybridized carbons (Fsp3) is 0.357. The number of Topliss-reactive ketones (excluding diaryl/α,β-unsaturated/α-hetero) is 1. The average molecular weight is 280 g/mol. The number of rotatable bonds is 4. The summed E-state index contributed by atoms with van der Waals surface area (Å²) in [6, 6.07) is 6.45. The lowest BCUT2D eigenvalue weighted by Gasteiger charge is -2.34. The number of carbonyl (C=O) groups is 3. The number of unbranched alkanes of at least 4 members (excludes halogenated alkanes) is 1. The van der Waals surface area contributed by atoms with Crippen LogP contribution in [0.25, 0.3) is 0 Å². The molecule has 5 heteroatoms. The predicted octanol–water partition coefficient (Wildman–Crippen LogP) is 2.31. The summed E-state index contributed by atoms with van der Waals surface area (Å²) < 4.78 is 0. The van der Waals surface area contributed by atoms with E-state index < -0.39 is 22.5 Å². The highest BCUT2D eigenvalue weighted by atomic mass is 35.5. The molecule has 0 spiro atoms. The van der Waals surface area contributed by atoms with Gasteiger partial charge in [0.25, 0.3) is 11.1 Å². The lowest BCUT2D eigenvalue weighted by Crippen LogP contribution is -2.61. The van der Waals surface area contributed by atoms with Crippen LogP contribution in [0.15, 0.2) is 24.3 Å². The van der Waals surface area contributed by atoms with Crippen LogP contribution >= 0.6 is 11.6 Å². The molecule has 0 aliphatic carbocycles. The number of amides is 1. The van der Waals surface area contributed by atoms with Gasteiger partial charge in [0, 0.05) is 5.56 Å². The van der Waals surface area contributed by atoms with Crippen molar-refractivity contribution in [1.29, 1.82) is 0 Å². The third-order valence-electron chi connectivity index (χ3n) is 3.37. The normalized spacial score (nSPS) is 21.8. The second kappa shape index (κ2) is 5.13. The fourth-order valence-corrected chi connectivity index (χ4v) is 2.51. The molecule has 0 aromatic heterocycles. The Labute approximate surface area is 116 Å². The first-order valence-corrected chi connectivity index (χ1v) is 6.57. The summed E-state index contributed by atoms with van der Waals surface area (Å²) in [5.41, 5.74) is -1.06. The van der Waals surface area contributed by atoms with Gasteiger partial charge in [0.15, 0.2) is 11.3 Å². The van der Waals surface area contributed by atoms with Crippen LogP contribution in [0.4, 0.5) is 0 Å². The van der Waals surface area contributed by atoms with Gasteiger partial charge in [0.1, 0.15) is 0 Å². The topological polar surface area (TPSA) is 63.2 Å². The van der Waals surface area contributed by atoms with Crippen LogP contribution in [0.3, 0.4) is 0 Å². The molecule has 0 saturated heterocycles.